The Morgan fingerprint density at radius 2 is 1.56 bits per heavy atom. The van der Waals surface area contributed by atoms with Crippen LogP contribution < -0.4 is 5.32 Å². The van der Waals surface area contributed by atoms with Gasteiger partial charge in [0.05, 0.1) is 11.1 Å². The van der Waals surface area contributed by atoms with Crippen LogP contribution in [0.5, 0.6) is 0 Å². The Labute approximate surface area is 110 Å². The molecule has 1 N–H and O–H groups in total. The summed E-state index contributed by atoms with van der Waals surface area (Å²) in [6.07, 6.45) is -2.67. The lowest BCUT2D eigenvalue weighted by Crippen LogP contribution is -2.38. The van der Waals surface area contributed by atoms with Crippen LogP contribution in [-0.2, 0) is 6.18 Å². The number of anilines is 1. The summed E-state index contributed by atoms with van der Waals surface area (Å²) >= 11 is 5.94. The van der Waals surface area contributed by atoms with Crippen molar-refractivity contribution in [1.82, 2.24) is 0 Å². The van der Waals surface area contributed by atoms with Gasteiger partial charge in [-0.1, -0.05) is 13.8 Å². The first-order valence-electron chi connectivity index (χ1n) is 5.88. The van der Waals surface area contributed by atoms with Gasteiger partial charge in [0, 0.05) is 11.6 Å². The third kappa shape index (κ3) is 3.55. The van der Waals surface area contributed by atoms with Crippen molar-refractivity contribution >= 4 is 17.3 Å². The summed E-state index contributed by atoms with van der Waals surface area (Å²) in [6.45, 7) is 4.01. The van der Waals surface area contributed by atoms with E-state index < -0.39 is 11.7 Å². The molecule has 0 heterocycles. The van der Waals surface area contributed by atoms with Crippen LogP contribution >= 0.6 is 11.6 Å². The Bertz CT molecular complexity index is 361. The average Bonchev–Trinajstić information content (AvgIpc) is 2.36. The molecule has 1 nitrogen and oxygen atoms in total. The van der Waals surface area contributed by atoms with E-state index in [-0.39, 0.29) is 5.54 Å². The number of hydrogen-bond acceptors (Lipinski definition) is 1. The molecule has 5 heteroatoms. The molecule has 0 spiro atoms. The van der Waals surface area contributed by atoms with Crippen LogP contribution in [0, 0.1) is 0 Å². The zero-order valence-corrected chi connectivity index (χ0v) is 11.2. The molecule has 18 heavy (non-hydrogen) atoms. The van der Waals surface area contributed by atoms with Crippen molar-refractivity contribution in [2.45, 2.75) is 38.4 Å². The largest absolute Gasteiger partial charge is 0.416 e. The second-order valence-corrected chi connectivity index (χ2v) is 4.59. The highest BCUT2D eigenvalue weighted by Crippen LogP contribution is 2.31. The Hall–Kier alpha value is -0.900. The van der Waals surface area contributed by atoms with Gasteiger partial charge in [-0.25, -0.2) is 0 Å². The summed E-state index contributed by atoms with van der Waals surface area (Å²) in [6, 6.07) is 5.03. The number of hydrogen-bond donors (Lipinski definition) is 1. The molecule has 0 fully saturated rings. The fourth-order valence-corrected chi connectivity index (χ4v) is 2.14. The van der Waals surface area contributed by atoms with E-state index in [1.54, 1.807) is 0 Å². The molecule has 0 saturated heterocycles. The maximum atomic E-state index is 12.4. The van der Waals surface area contributed by atoms with Crippen LogP contribution in [0.4, 0.5) is 18.9 Å². The Morgan fingerprint density at radius 1 is 1.06 bits per heavy atom. The highest BCUT2D eigenvalue weighted by molar-refractivity contribution is 6.18. The minimum Gasteiger partial charge on any atom is -0.378 e. The minimum absolute atomic E-state index is 0.263. The lowest BCUT2D eigenvalue weighted by atomic mass is 9.94. The van der Waals surface area contributed by atoms with E-state index in [1.165, 1.54) is 12.1 Å². The highest BCUT2D eigenvalue weighted by Gasteiger charge is 2.30. The van der Waals surface area contributed by atoms with E-state index in [4.69, 9.17) is 11.6 Å². The van der Waals surface area contributed by atoms with Gasteiger partial charge in [-0.05, 0) is 37.1 Å². The van der Waals surface area contributed by atoms with Crippen molar-refractivity contribution in [1.29, 1.82) is 0 Å². The van der Waals surface area contributed by atoms with Gasteiger partial charge >= 0.3 is 6.18 Å². The van der Waals surface area contributed by atoms with E-state index in [9.17, 15) is 13.2 Å². The maximum absolute atomic E-state index is 12.4. The molecule has 1 aromatic carbocycles. The van der Waals surface area contributed by atoms with Crippen LogP contribution in [-0.4, -0.2) is 11.4 Å². The monoisotopic (exact) mass is 279 g/mol. The Balaban J connectivity index is 2.86. The average molecular weight is 280 g/mol. The molecular weight excluding hydrogens is 263 g/mol. The zero-order valence-electron chi connectivity index (χ0n) is 10.4. The summed E-state index contributed by atoms with van der Waals surface area (Å²) in [5.74, 6) is 0.418. The quantitative estimate of drug-likeness (QED) is 0.755. The molecule has 0 aliphatic carbocycles. The first-order valence-corrected chi connectivity index (χ1v) is 6.41. The number of halogens is 4. The summed E-state index contributed by atoms with van der Waals surface area (Å²) < 4.78 is 37.2. The Morgan fingerprint density at radius 3 is 1.89 bits per heavy atom. The molecule has 0 atom stereocenters. The topological polar surface area (TPSA) is 12.0 Å². The van der Waals surface area contributed by atoms with E-state index in [0.717, 1.165) is 25.0 Å². The summed E-state index contributed by atoms with van der Waals surface area (Å²) in [5.41, 5.74) is -0.244. The van der Waals surface area contributed by atoms with Crippen LogP contribution in [0.3, 0.4) is 0 Å². The van der Waals surface area contributed by atoms with Crippen LogP contribution in [0.25, 0.3) is 0 Å². The maximum Gasteiger partial charge on any atom is 0.416 e. The normalized spacial score (nSPS) is 12.6. The SMILES string of the molecule is CCC(CC)(CCl)Nc1ccc(C(F)(F)F)cc1. The molecular formula is C13H17ClF3N. The van der Waals surface area contributed by atoms with Gasteiger partial charge in [0.2, 0.25) is 0 Å². The smallest absolute Gasteiger partial charge is 0.378 e. The molecule has 1 aromatic rings. The van der Waals surface area contributed by atoms with E-state index in [1.807, 2.05) is 13.8 Å². The van der Waals surface area contributed by atoms with Gasteiger partial charge in [-0.15, -0.1) is 11.6 Å². The first kappa shape index (κ1) is 15.2. The molecule has 0 unspecified atom stereocenters. The van der Waals surface area contributed by atoms with Gasteiger partial charge in [0.25, 0.3) is 0 Å². The molecule has 0 saturated carbocycles. The molecule has 0 aliphatic rings. The predicted molar refractivity (Wildman–Crippen MR) is 69.1 cm³/mol. The molecule has 0 aromatic heterocycles. The number of benzene rings is 1. The van der Waals surface area contributed by atoms with E-state index in [0.29, 0.717) is 11.6 Å². The fourth-order valence-electron chi connectivity index (χ4n) is 1.70. The third-order valence-corrected chi connectivity index (χ3v) is 3.74. The van der Waals surface area contributed by atoms with Gasteiger partial charge in [0.1, 0.15) is 0 Å². The Kier molecular flexibility index (Phi) is 4.91. The van der Waals surface area contributed by atoms with Crippen molar-refractivity contribution in [3.63, 3.8) is 0 Å². The van der Waals surface area contributed by atoms with Crippen LogP contribution in [0.1, 0.15) is 32.3 Å². The number of alkyl halides is 4. The van der Waals surface area contributed by atoms with Crippen molar-refractivity contribution in [2.75, 3.05) is 11.2 Å². The molecule has 0 aliphatic heterocycles. The third-order valence-electron chi connectivity index (χ3n) is 3.23. The van der Waals surface area contributed by atoms with E-state index in [2.05, 4.69) is 5.32 Å². The van der Waals surface area contributed by atoms with Crippen molar-refractivity contribution < 1.29 is 13.2 Å². The predicted octanol–water partition coefficient (Wildman–Crippen LogP) is 4.91. The summed E-state index contributed by atoms with van der Waals surface area (Å²) in [7, 11) is 0. The second-order valence-electron chi connectivity index (χ2n) is 4.32. The fraction of sp³-hybridized carbons (Fsp3) is 0.538. The standard InChI is InChI=1S/C13H17ClF3N/c1-3-12(4-2,9-14)18-11-7-5-10(6-8-11)13(15,16)17/h5-8,18H,3-4,9H2,1-2H3. The minimum atomic E-state index is -4.29. The van der Waals surface area contributed by atoms with Crippen LogP contribution in [0.2, 0.25) is 0 Å². The van der Waals surface area contributed by atoms with Crippen molar-refractivity contribution in [3.05, 3.63) is 29.8 Å². The van der Waals surface area contributed by atoms with Gasteiger partial charge in [-0.2, -0.15) is 13.2 Å². The number of rotatable bonds is 5. The molecule has 0 radical (unpaired) electrons. The van der Waals surface area contributed by atoms with Crippen LogP contribution in [0.15, 0.2) is 24.3 Å². The van der Waals surface area contributed by atoms with Crippen molar-refractivity contribution in [2.24, 2.45) is 0 Å². The van der Waals surface area contributed by atoms with Gasteiger partial charge in [-0.3, -0.25) is 0 Å². The van der Waals surface area contributed by atoms with E-state index >= 15 is 0 Å². The zero-order chi connectivity index (χ0) is 13.8. The first-order chi connectivity index (χ1) is 8.37. The summed E-state index contributed by atoms with van der Waals surface area (Å²) in [5, 5.41) is 3.22. The molecule has 0 amide bonds. The highest BCUT2D eigenvalue weighted by atomic mass is 35.5. The lowest BCUT2D eigenvalue weighted by molar-refractivity contribution is -0.137. The molecule has 1 rings (SSSR count). The number of nitrogens with one attached hydrogen (secondary N) is 1. The van der Waals surface area contributed by atoms with Gasteiger partial charge in [0.15, 0.2) is 0 Å². The molecule has 102 valence electrons. The summed E-state index contributed by atoms with van der Waals surface area (Å²) in [4.78, 5) is 0. The van der Waals surface area contributed by atoms with Gasteiger partial charge < -0.3 is 5.32 Å². The van der Waals surface area contributed by atoms with Crippen molar-refractivity contribution in [3.8, 4) is 0 Å². The molecule has 0 bridgehead atoms. The lowest BCUT2D eigenvalue weighted by Gasteiger charge is -2.32. The second kappa shape index (κ2) is 5.83.